The van der Waals surface area contributed by atoms with E-state index < -0.39 is 12.1 Å². The molecule has 0 aromatic carbocycles. The third kappa shape index (κ3) is 68.7. The predicted octanol–water partition coefficient (Wildman–Crippen LogP) is 24.6. The van der Waals surface area contributed by atoms with E-state index in [0.717, 1.165) is 109 Å². The molecule has 0 bridgehead atoms. The van der Waals surface area contributed by atoms with Gasteiger partial charge in [0.25, 0.3) is 0 Å². The second kappa shape index (κ2) is 70.6. The highest BCUT2D eigenvalue weighted by molar-refractivity contribution is 5.72. The fraction of sp³-hybridized carbons (Fsp3) is 0.727. The highest BCUT2D eigenvalue weighted by Gasteiger charge is 2.19. The predicted molar refractivity (Wildman–Crippen MR) is 362 cm³/mol. The lowest BCUT2D eigenvalue weighted by atomic mass is 10.0. The van der Waals surface area contributed by atoms with Gasteiger partial charge in [-0.1, -0.05) is 348 Å². The van der Waals surface area contributed by atoms with Gasteiger partial charge in [0.1, 0.15) is 13.2 Å². The molecule has 6 heteroatoms. The molecule has 83 heavy (non-hydrogen) atoms. The first-order valence-corrected chi connectivity index (χ1v) is 35.4. The fourth-order valence-electron chi connectivity index (χ4n) is 10.1. The van der Waals surface area contributed by atoms with E-state index in [4.69, 9.17) is 14.2 Å². The van der Waals surface area contributed by atoms with E-state index in [2.05, 4.69) is 118 Å². The SMILES string of the molecule is CC/C=C\C/C=C\C/C=C\C/C=C\C/C=C\CC(=O)OCC(COC(=O)CCCCCCCCCCCCCCCCCCCCCCCCCCCCCCCCCCC)OC(=O)CCCCCC/C=C\C/C=C\C/C=C\C/C=C\CC. The van der Waals surface area contributed by atoms with Gasteiger partial charge in [-0.3, -0.25) is 14.4 Å². The number of hydrogen-bond donors (Lipinski definition) is 0. The molecule has 0 heterocycles. The van der Waals surface area contributed by atoms with Crippen LogP contribution in [0.15, 0.2) is 109 Å². The maximum absolute atomic E-state index is 12.9. The van der Waals surface area contributed by atoms with Crippen LogP contribution in [0.1, 0.15) is 342 Å². The molecule has 0 spiro atoms. The molecule has 1 atom stereocenters. The number of ether oxygens (including phenoxy) is 3. The van der Waals surface area contributed by atoms with E-state index >= 15 is 0 Å². The van der Waals surface area contributed by atoms with E-state index in [1.807, 2.05) is 6.08 Å². The Bertz CT molecular complexity index is 1660. The summed E-state index contributed by atoms with van der Waals surface area (Å²) in [5.74, 6) is -1.07. The minimum atomic E-state index is -0.833. The second-order valence-corrected chi connectivity index (χ2v) is 23.4. The van der Waals surface area contributed by atoms with E-state index in [0.29, 0.717) is 6.42 Å². The molecule has 0 saturated carbocycles. The molecule has 0 aliphatic carbocycles. The van der Waals surface area contributed by atoms with Gasteiger partial charge in [0, 0.05) is 12.8 Å². The number of allylic oxidation sites excluding steroid dienone is 17. The number of unbranched alkanes of at least 4 members (excludes halogenated alkanes) is 36. The van der Waals surface area contributed by atoms with Crippen molar-refractivity contribution >= 4 is 17.9 Å². The number of carbonyl (C=O) groups excluding carboxylic acids is 3. The van der Waals surface area contributed by atoms with Crippen LogP contribution in [0.2, 0.25) is 0 Å². The summed E-state index contributed by atoms with van der Waals surface area (Å²) in [5, 5.41) is 0. The maximum Gasteiger partial charge on any atom is 0.309 e. The zero-order valence-electron chi connectivity index (χ0n) is 54.7. The van der Waals surface area contributed by atoms with Gasteiger partial charge < -0.3 is 14.2 Å². The van der Waals surface area contributed by atoms with Gasteiger partial charge in [-0.15, -0.1) is 0 Å². The third-order valence-electron chi connectivity index (χ3n) is 15.3. The van der Waals surface area contributed by atoms with Gasteiger partial charge >= 0.3 is 17.9 Å². The van der Waals surface area contributed by atoms with Crippen molar-refractivity contribution in [1.82, 2.24) is 0 Å². The Labute approximate surface area is 514 Å². The lowest BCUT2D eigenvalue weighted by molar-refractivity contribution is -0.166. The fourth-order valence-corrected chi connectivity index (χ4v) is 10.1. The van der Waals surface area contributed by atoms with E-state index in [9.17, 15) is 14.4 Å². The zero-order valence-corrected chi connectivity index (χ0v) is 54.7. The van der Waals surface area contributed by atoms with Crippen LogP contribution < -0.4 is 0 Å². The molecule has 0 amide bonds. The summed E-state index contributed by atoms with van der Waals surface area (Å²) in [4.78, 5) is 38.3. The lowest BCUT2D eigenvalue weighted by Crippen LogP contribution is -2.30. The van der Waals surface area contributed by atoms with Crippen molar-refractivity contribution in [3.8, 4) is 0 Å². The highest BCUT2D eigenvalue weighted by atomic mass is 16.6. The van der Waals surface area contributed by atoms with Crippen LogP contribution in [-0.2, 0) is 28.6 Å². The number of esters is 3. The summed E-state index contributed by atoms with van der Waals surface area (Å²) in [6.45, 7) is 6.34. The van der Waals surface area contributed by atoms with Crippen molar-refractivity contribution in [2.24, 2.45) is 0 Å². The van der Waals surface area contributed by atoms with Gasteiger partial charge in [0.2, 0.25) is 0 Å². The van der Waals surface area contributed by atoms with E-state index in [-0.39, 0.29) is 38.0 Å². The van der Waals surface area contributed by atoms with Crippen molar-refractivity contribution in [3.05, 3.63) is 109 Å². The second-order valence-electron chi connectivity index (χ2n) is 23.4. The van der Waals surface area contributed by atoms with Crippen molar-refractivity contribution in [1.29, 1.82) is 0 Å². The molecule has 476 valence electrons. The van der Waals surface area contributed by atoms with Crippen LogP contribution in [0.4, 0.5) is 0 Å². The summed E-state index contributed by atoms with van der Waals surface area (Å²) in [5.41, 5.74) is 0. The Morgan fingerprint density at radius 2 is 0.518 bits per heavy atom. The average Bonchev–Trinajstić information content (AvgIpc) is 3.49. The first-order valence-electron chi connectivity index (χ1n) is 35.4. The Hall–Kier alpha value is -3.93. The van der Waals surface area contributed by atoms with Crippen LogP contribution in [0, 0.1) is 0 Å². The average molecular weight is 1150 g/mol. The zero-order chi connectivity index (χ0) is 59.9. The molecule has 1 unspecified atom stereocenters. The van der Waals surface area contributed by atoms with Gasteiger partial charge in [-0.2, -0.15) is 0 Å². The molecular weight excluding hydrogens is 1020 g/mol. The minimum absolute atomic E-state index is 0.117. The molecule has 0 fully saturated rings. The molecule has 6 nitrogen and oxygen atoms in total. The Morgan fingerprint density at radius 1 is 0.265 bits per heavy atom. The summed E-state index contributed by atoms with van der Waals surface area (Å²) in [6, 6.07) is 0. The molecule has 0 radical (unpaired) electrons. The smallest absolute Gasteiger partial charge is 0.309 e. The standard InChI is InChI=1S/C77H132O6/c1-4-7-10-13-16-19-22-25-28-30-31-32-33-34-35-36-37-38-39-40-41-42-43-44-45-47-49-52-55-58-61-64-67-70-76(79)82-73-74(72-81-75(78)69-66-63-60-57-54-51-48-27-24-21-18-15-12-9-6-3)83-77(80)71-68-65-62-59-56-53-50-46-29-26-23-20-17-14-11-8-5-2/h8-9,11-12,17-18,20-21,26-27,29,48,50,53-54,57,63,66,74H,4-7,10,13-16,19,22-25,28,30-47,49,51-52,55-56,58-62,64-65,67-73H2,1-3H3/b11-8-,12-9-,20-17-,21-18-,29-26-,48-27-,53-50-,57-54-,66-63-. The summed E-state index contributed by atoms with van der Waals surface area (Å²) >= 11 is 0. The first kappa shape index (κ1) is 79.1. The molecule has 0 aromatic heterocycles. The summed E-state index contributed by atoms with van der Waals surface area (Å²) in [6.07, 6.45) is 97.5. The first-order chi connectivity index (χ1) is 41.0. The topological polar surface area (TPSA) is 78.9 Å². The van der Waals surface area contributed by atoms with Crippen LogP contribution in [-0.4, -0.2) is 37.2 Å². The number of carbonyl (C=O) groups is 3. The molecule has 0 aliphatic heterocycles. The van der Waals surface area contributed by atoms with Crippen LogP contribution >= 0.6 is 0 Å². The Kier molecular flexibility index (Phi) is 67.2. The molecule has 0 aromatic rings. The van der Waals surface area contributed by atoms with Crippen molar-refractivity contribution in [2.75, 3.05) is 13.2 Å². The van der Waals surface area contributed by atoms with Crippen LogP contribution in [0.5, 0.6) is 0 Å². The third-order valence-corrected chi connectivity index (χ3v) is 15.3. The molecular formula is C77H132O6. The molecule has 0 rings (SSSR count). The van der Waals surface area contributed by atoms with E-state index in [1.54, 1.807) is 6.08 Å². The minimum Gasteiger partial charge on any atom is -0.462 e. The normalized spacial score (nSPS) is 12.8. The largest absolute Gasteiger partial charge is 0.462 e. The van der Waals surface area contributed by atoms with E-state index in [1.165, 1.54) is 193 Å². The van der Waals surface area contributed by atoms with Crippen LogP contribution in [0.3, 0.4) is 0 Å². The van der Waals surface area contributed by atoms with Gasteiger partial charge in [-0.25, -0.2) is 0 Å². The van der Waals surface area contributed by atoms with Crippen molar-refractivity contribution in [2.45, 2.75) is 348 Å². The molecule has 0 N–H and O–H groups in total. The number of rotatable bonds is 64. The molecule has 0 saturated heterocycles. The Balaban J connectivity index is 4.23. The highest BCUT2D eigenvalue weighted by Crippen LogP contribution is 2.18. The quantitative estimate of drug-likeness (QED) is 0.0261. The maximum atomic E-state index is 12.9. The van der Waals surface area contributed by atoms with Gasteiger partial charge in [0.05, 0.1) is 6.42 Å². The lowest BCUT2D eigenvalue weighted by Gasteiger charge is -2.18. The Morgan fingerprint density at radius 3 is 0.843 bits per heavy atom. The molecule has 0 aliphatic rings. The van der Waals surface area contributed by atoms with Crippen molar-refractivity contribution in [3.63, 3.8) is 0 Å². The van der Waals surface area contributed by atoms with Crippen LogP contribution in [0.25, 0.3) is 0 Å². The van der Waals surface area contributed by atoms with Gasteiger partial charge in [-0.05, 0) is 83.5 Å². The summed E-state index contributed by atoms with van der Waals surface area (Å²) in [7, 11) is 0. The van der Waals surface area contributed by atoms with Gasteiger partial charge in [0.15, 0.2) is 6.10 Å². The number of hydrogen-bond acceptors (Lipinski definition) is 6. The summed E-state index contributed by atoms with van der Waals surface area (Å²) < 4.78 is 16.8. The monoisotopic (exact) mass is 1150 g/mol. The van der Waals surface area contributed by atoms with Crippen molar-refractivity contribution < 1.29 is 28.6 Å².